The molecule has 1 aliphatic rings. The molecular formula is C14H16F3NO. The van der Waals surface area contributed by atoms with E-state index in [2.05, 4.69) is 0 Å². The Morgan fingerprint density at radius 1 is 1.32 bits per heavy atom. The summed E-state index contributed by atoms with van der Waals surface area (Å²) in [6.45, 7) is 4.08. The summed E-state index contributed by atoms with van der Waals surface area (Å²) in [4.78, 5) is 12.3. The van der Waals surface area contributed by atoms with Gasteiger partial charge < -0.3 is 4.90 Å². The van der Waals surface area contributed by atoms with Crippen LogP contribution in [0.2, 0.25) is 0 Å². The third-order valence-corrected chi connectivity index (χ3v) is 3.38. The molecule has 0 bridgehead atoms. The molecule has 0 aromatic heterocycles. The van der Waals surface area contributed by atoms with Crippen molar-refractivity contribution in [3.63, 3.8) is 0 Å². The highest BCUT2D eigenvalue weighted by atomic mass is 19.4. The highest BCUT2D eigenvalue weighted by Crippen LogP contribution is 2.33. The number of hydrogen-bond donors (Lipinski definition) is 0. The second kappa shape index (κ2) is 4.87. The van der Waals surface area contributed by atoms with E-state index < -0.39 is 12.1 Å². The average molecular weight is 271 g/mol. The smallest absolute Gasteiger partial charge is 0.304 e. The molecule has 0 atom stereocenters. The lowest BCUT2D eigenvalue weighted by Crippen LogP contribution is -2.43. The van der Waals surface area contributed by atoms with Gasteiger partial charge in [-0.2, -0.15) is 13.2 Å². The van der Waals surface area contributed by atoms with Crippen molar-refractivity contribution < 1.29 is 18.0 Å². The number of nitrogens with zero attached hydrogens (tertiary/aromatic N) is 1. The van der Waals surface area contributed by atoms with Crippen molar-refractivity contribution in [3.8, 4) is 0 Å². The van der Waals surface area contributed by atoms with Gasteiger partial charge in [-0.3, -0.25) is 4.79 Å². The Morgan fingerprint density at radius 2 is 2.00 bits per heavy atom. The molecular weight excluding hydrogens is 255 g/mol. The van der Waals surface area contributed by atoms with E-state index in [1.54, 1.807) is 6.07 Å². The SMILES string of the molecule is CC(C)c1ccc2c(c1)N(C(=O)C(F)(F)F)CCC2. The molecule has 2 rings (SSSR count). The van der Waals surface area contributed by atoms with Gasteiger partial charge in [0.15, 0.2) is 0 Å². The first-order valence-electron chi connectivity index (χ1n) is 6.32. The van der Waals surface area contributed by atoms with E-state index in [4.69, 9.17) is 0 Å². The average Bonchev–Trinajstić information content (AvgIpc) is 2.35. The summed E-state index contributed by atoms with van der Waals surface area (Å²) >= 11 is 0. The van der Waals surface area contributed by atoms with E-state index in [0.717, 1.165) is 22.4 Å². The normalized spacial score (nSPS) is 15.6. The Labute approximate surface area is 110 Å². The van der Waals surface area contributed by atoms with Gasteiger partial charge >= 0.3 is 12.1 Å². The van der Waals surface area contributed by atoms with Crippen LogP contribution in [0.15, 0.2) is 18.2 Å². The minimum absolute atomic E-state index is 0.132. The van der Waals surface area contributed by atoms with Gasteiger partial charge in [0.05, 0.1) is 0 Å². The van der Waals surface area contributed by atoms with Crippen LogP contribution in [0.3, 0.4) is 0 Å². The summed E-state index contributed by atoms with van der Waals surface area (Å²) in [6.07, 6.45) is -3.53. The topological polar surface area (TPSA) is 20.3 Å². The fourth-order valence-corrected chi connectivity index (χ4v) is 2.31. The number of hydrogen-bond acceptors (Lipinski definition) is 1. The standard InChI is InChI=1S/C14H16F3NO/c1-9(2)11-6-5-10-4-3-7-18(12(10)8-11)13(19)14(15,16)17/h5-6,8-9H,3-4,7H2,1-2H3. The van der Waals surface area contributed by atoms with Crippen LogP contribution in [0.4, 0.5) is 18.9 Å². The maximum atomic E-state index is 12.6. The van der Waals surface area contributed by atoms with Gasteiger partial charge in [-0.05, 0) is 36.0 Å². The first-order chi connectivity index (χ1) is 8.80. The lowest BCUT2D eigenvalue weighted by molar-refractivity contribution is -0.170. The summed E-state index contributed by atoms with van der Waals surface area (Å²) in [5.74, 6) is -1.55. The van der Waals surface area contributed by atoms with E-state index >= 15 is 0 Å². The minimum atomic E-state index is -4.82. The first kappa shape index (κ1) is 13.9. The highest BCUT2D eigenvalue weighted by molar-refractivity contribution is 5.98. The van der Waals surface area contributed by atoms with Gasteiger partial charge in [-0.1, -0.05) is 26.0 Å². The van der Waals surface area contributed by atoms with Crippen LogP contribution in [0.1, 0.15) is 37.3 Å². The number of carbonyl (C=O) groups excluding carboxylic acids is 1. The number of fused-ring (bicyclic) bond motifs is 1. The molecule has 5 heteroatoms. The Balaban J connectivity index is 2.42. The molecule has 0 saturated carbocycles. The van der Waals surface area contributed by atoms with Gasteiger partial charge in [0.2, 0.25) is 0 Å². The Morgan fingerprint density at radius 3 is 2.58 bits per heavy atom. The number of benzene rings is 1. The van der Waals surface area contributed by atoms with E-state index in [-0.39, 0.29) is 12.5 Å². The van der Waals surface area contributed by atoms with Crippen LogP contribution in [-0.4, -0.2) is 18.6 Å². The zero-order chi connectivity index (χ0) is 14.2. The number of amides is 1. The van der Waals surface area contributed by atoms with Gasteiger partial charge in [0, 0.05) is 12.2 Å². The van der Waals surface area contributed by atoms with Crippen molar-refractivity contribution in [2.24, 2.45) is 0 Å². The zero-order valence-electron chi connectivity index (χ0n) is 10.9. The molecule has 0 aliphatic carbocycles. The predicted molar refractivity (Wildman–Crippen MR) is 67.3 cm³/mol. The number of anilines is 1. The highest BCUT2D eigenvalue weighted by Gasteiger charge is 2.44. The zero-order valence-corrected chi connectivity index (χ0v) is 10.9. The molecule has 0 saturated heterocycles. The fraction of sp³-hybridized carbons (Fsp3) is 0.500. The maximum Gasteiger partial charge on any atom is 0.471 e. The molecule has 1 aliphatic heterocycles. The second-order valence-electron chi connectivity index (χ2n) is 5.10. The number of halogens is 3. The van der Waals surface area contributed by atoms with Crippen molar-refractivity contribution in [1.82, 2.24) is 0 Å². The molecule has 1 amide bonds. The lowest BCUT2D eigenvalue weighted by Gasteiger charge is -2.30. The van der Waals surface area contributed by atoms with Crippen molar-refractivity contribution in [3.05, 3.63) is 29.3 Å². The van der Waals surface area contributed by atoms with Crippen molar-refractivity contribution in [2.45, 2.75) is 38.8 Å². The maximum absolute atomic E-state index is 12.6. The van der Waals surface area contributed by atoms with Crippen LogP contribution in [-0.2, 0) is 11.2 Å². The summed E-state index contributed by atoms with van der Waals surface area (Å²) in [5.41, 5.74) is 2.17. The fourth-order valence-electron chi connectivity index (χ4n) is 2.31. The Bertz CT molecular complexity index is 494. The summed E-state index contributed by atoms with van der Waals surface area (Å²) < 4.78 is 37.8. The van der Waals surface area contributed by atoms with Crippen LogP contribution in [0, 0.1) is 0 Å². The summed E-state index contributed by atoms with van der Waals surface area (Å²) in [6, 6.07) is 5.47. The number of alkyl halides is 3. The molecule has 0 spiro atoms. The number of rotatable bonds is 1. The van der Waals surface area contributed by atoms with Crippen LogP contribution < -0.4 is 4.90 Å². The Hall–Kier alpha value is -1.52. The molecule has 2 nitrogen and oxygen atoms in total. The molecule has 0 radical (unpaired) electrons. The summed E-state index contributed by atoms with van der Waals surface area (Å²) in [5, 5.41) is 0. The van der Waals surface area contributed by atoms with Crippen molar-refractivity contribution >= 4 is 11.6 Å². The molecule has 1 aromatic rings. The van der Waals surface area contributed by atoms with E-state index in [9.17, 15) is 18.0 Å². The summed E-state index contributed by atoms with van der Waals surface area (Å²) in [7, 11) is 0. The van der Waals surface area contributed by atoms with Crippen LogP contribution in [0.5, 0.6) is 0 Å². The lowest BCUT2D eigenvalue weighted by atomic mass is 9.95. The van der Waals surface area contributed by atoms with Crippen LogP contribution in [0.25, 0.3) is 0 Å². The largest absolute Gasteiger partial charge is 0.471 e. The minimum Gasteiger partial charge on any atom is -0.304 e. The van der Waals surface area contributed by atoms with Gasteiger partial charge in [0.25, 0.3) is 0 Å². The van der Waals surface area contributed by atoms with Crippen molar-refractivity contribution in [1.29, 1.82) is 0 Å². The molecule has 0 fully saturated rings. The van der Waals surface area contributed by atoms with Crippen molar-refractivity contribution in [2.75, 3.05) is 11.4 Å². The monoisotopic (exact) mass is 271 g/mol. The molecule has 1 aromatic carbocycles. The molecule has 104 valence electrons. The predicted octanol–water partition coefficient (Wildman–Crippen LogP) is 3.65. The first-order valence-corrected chi connectivity index (χ1v) is 6.32. The molecule has 0 N–H and O–H groups in total. The van der Waals surface area contributed by atoms with Gasteiger partial charge in [-0.25, -0.2) is 0 Å². The molecule has 19 heavy (non-hydrogen) atoms. The van der Waals surface area contributed by atoms with Crippen LogP contribution >= 0.6 is 0 Å². The van der Waals surface area contributed by atoms with Gasteiger partial charge in [0.1, 0.15) is 0 Å². The molecule has 0 unspecified atom stereocenters. The Kier molecular flexibility index (Phi) is 3.56. The third kappa shape index (κ3) is 2.74. The van der Waals surface area contributed by atoms with E-state index in [1.165, 1.54) is 0 Å². The quantitative estimate of drug-likeness (QED) is 0.763. The second-order valence-corrected chi connectivity index (χ2v) is 5.10. The number of carbonyl (C=O) groups is 1. The van der Waals surface area contributed by atoms with E-state index in [1.807, 2.05) is 26.0 Å². The van der Waals surface area contributed by atoms with E-state index in [0.29, 0.717) is 12.1 Å². The van der Waals surface area contributed by atoms with Gasteiger partial charge in [-0.15, -0.1) is 0 Å². The number of aryl methyl sites for hydroxylation is 1. The third-order valence-electron chi connectivity index (χ3n) is 3.38. The molecule has 1 heterocycles.